The summed E-state index contributed by atoms with van der Waals surface area (Å²) >= 11 is 1.88. The van der Waals surface area contributed by atoms with Gasteiger partial charge >= 0.3 is 5.97 Å². The van der Waals surface area contributed by atoms with Crippen molar-refractivity contribution >= 4 is 28.5 Å². The van der Waals surface area contributed by atoms with E-state index in [1.54, 1.807) is 0 Å². The quantitative estimate of drug-likeness (QED) is 0.618. The fourth-order valence-corrected chi connectivity index (χ4v) is 4.02. The molecule has 1 aliphatic heterocycles. The van der Waals surface area contributed by atoms with Gasteiger partial charge in [-0.05, 0) is 25.0 Å². The SMILES string of the molecule is CC(C)C(=O)Oc1ccccc1N=C1SC2CCCC12. The number of rotatable bonds is 3. The number of fused-ring (bicyclic) bond motifs is 1. The molecule has 1 saturated carbocycles. The predicted octanol–water partition coefficient (Wildman–Crippen LogP) is 4.19. The molecule has 0 amide bonds. The maximum absolute atomic E-state index is 11.7. The fraction of sp³-hybridized carbons (Fsp3) is 0.500. The normalized spacial score (nSPS) is 26.4. The average Bonchev–Trinajstić information content (AvgIpc) is 2.79. The molecule has 0 bridgehead atoms. The van der Waals surface area contributed by atoms with E-state index in [0.29, 0.717) is 11.7 Å². The van der Waals surface area contributed by atoms with Crippen LogP contribution in [0.2, 0.25) is 0 Å². The van der Waals surface area contributed by atoms with Crippen LogP contribution in [0.4, 0.5) is 5.69 Å². The molecule has 0 spiro atoms. The first-order valence-corrected chi connectivity index (χ1v) is 8.09. The molecule has 4 heteroatoms. The second-order valence-electron chi connectivity index (χ2n) is 5.69. The first-order chi connectivity index (χ1) is 9.65. The smallest absolute Gasteiger partial charge is 0.313 e. The molecule has 3 rings (SSSR count). The van der Waals surface area contributed by atoms with Gasteiger partial charge in [0.1, 0.15) is 5.69 Å². The summed E-state index contributed by atoms with van der Waals surface area (Å²) in [6.45, 7) is 3.67. The summed E-state index contributed by atoms with van der Waals surface area (Å²) < 4.78 is 5.43. The highest BCUT2D eigenvalue weighted by Crippen LogP contribution is 2.49. The third kappa shape index (κ3) is 2.62. The van der Waals surface area contributed by atoms with E-state index < -0.39 is 0 Å². The Bertz CT molecular complexity index is 553. The molecule has 106 valence electrons. The molecule has 1 heterocycles. The zero-order chi connectivity index (χ0) is 14.1. The van der Waals surface area contributed by atoms with E-state index in [9.17, 15) is 4.79 Å². The molecule has 20 heavy (non-hydrogen) atoms. The largest absolute Gasteiger partial charge is 0.424 e. The number of ether oxygens (including phenoxy) is 1. The van der Waals surface area contributed by atoms with Gasteiger partial charge in [-0.2, -0.15) is 0 Å². The second-order valence-corrected chi connectivity index (χ2v) is 6.95. The number of carbonyl (C=O) groups is 1. The molecule has 1 aromatic carbocycles. The lowest BCUT2D eigenvalue weighted by Crippen LogP contribution is -2.30. The lowest BCUT2D eigenvalue weighted by Gasteiger charge is -2.31. The van der Waals surface area contributed by atoms with Gasteiger partial charge in [0, 0.05) is 11.2 Å². The molecule has 0 aromatic heterocycles. The summed E-state index contributed by atoms with van der Waals surface area (Å²) in [7, 11) is 0. The van der Waals surface area contributed by atoms with Crippen LogP contribution >= 0.6 is 11.8 Å². The Morgan fingerprint density at radius 1 is 1.35 bits per heavy atom. The van der Waals surface area contributed by atoms with Crippen LogP contribution in [0, 0.1) is 11.8 Å². The number of esters is 1. The van der Waals surface area contributed by atoms with E-state index >= 15 is 0 Å². The van der Waals surface area contributed by atoms with Crippen LogP contribution in [0.3, 0.4) is 0 Å². The number of carbonyl (C=O) groups excluding carboxylic acids is 1. The van der Waals surface area contributed by atoms with Crippen molar-refractivity contribution in [3.05, 3.63) is 24.3 Å². The van der Waals surface area contributed by atoms with E-state index in [1.807, 2.05) is 49.9 Å². The minimum Gasteiger partial charge on any atom is -0.424 e. The number of nitrogens with zero attached hydrogens (tertiary/aromatic N) is 1. The molecular formula is C16H19NO2S. The van der Waals surface area contributed by atoms with Gasteiger partial charge in [0.2, 0.25) is 0 Å². The highest BCUT2D eigenvalue weighted by Gasteiger charge is 2.42. The summed E-state index contributed by atoms with van der Waals surface area (Å²) in [5, 5.41) is 1.99. The minimum absolute atomic E-state index is 0.131. The van der Waals surface area contributed by atoms with Gasteiger partial charge in [0.15, 0.2) is 5.75 Å². The molecule has 2 unspecified atom stereocenters. The van der Waals surface area contributed by atoms with Gasteiger partial charge in [-0.25, -0.2) is 4.99 Å². The Morgan fingerprint density at radius 2 is 2.15 bits per heavy atom. The average molecular weight is 289 g/mol. The van der Waals surface area contributed by atoms with E-state index in [1.165, 1.54) is 24.3 Å². The van der Waals surface area contributed by atoms with Crippen LogP contribution in [-0.4, -0.2) is 16.3 Å². The van der Waals surface area contributed by atoms with Crippen molar-refractivity contribution < 1.29 is 9.53 Å². The topological polar surface area (TPSA) is 38.7 Å². The van der Waals surface area contributed by atoms with Crippen LogP contribution in [0.5, 0.6) is 5.75 Å². The number of hydrogen-bond acceptors (Lipinski definition) is 4. The molecule has 0 N–H and O–H groups in total. The molecule has 2 aliphatic rings. The lowest BCUT2D eigenvalue weighted by molar-refractivity contribution is -0.137. The van der Waals surface area contributed by atoms with Crippen molar-refractivity contribution in [1.29, 1.82) is 0 Å². The van der Waals surface area contributed by atoms with Crippen molar-refractivity contribution in [3.63, 3.8) is 0 Å². The van der Waals surface area contributed by atoms with E-state index in [2.05, 4.69) is 0 Å². The third-order valence-electron chi connectivity index (χ3n) is 3.82. The molecule has 1 aromatic rings. The van der Waals surface area contributed by atoms with Crippen molar-refractivity contribution in [1.82, 2.24) is 0 Å². The van der Waals surface area contributed by atoms with Gasteiger partial charge in [-0.3, -0.25) is 4.79 Å². The van der Waals surface area contributed by atoms with Gasteiger partial charge < -0.3 is 4.74 Å². The van der Waals surface area contributed by atoms with Crippen molar-refractivity contribution in [2.45, 2.75) is 38.4 Å². The summed E-state index contributed by atoms with van der Waals surface area (Å²) in [6, 6.07) is 7.54. The van der Waals surface area contributed by atoms with E-state index in [0.717, 1.165) is 10.9 Å². The Balaban J connectivity index is 1.80. The molecule has 3 nitrogen and oxygen atoms in total. The summed E-state index contributed by atoms with van der Waals surface area (Å²) in [5.41, 5.74) is 0.773. The number of thioether (sulfide) groups is 1. The summed E-state index contributed by atoms with van der Waals surface area (Å²) in [5.74, 6) is 0.875. The minimum atomic E-state index is -0.211. The molecule has 0 radical (unpaired) electrons. The molecule has 1 saturated heterocycles. The monoisotopic (exact) mass is 289 g/mol. The second kappa shape index (κ2) is 5.60. The van der Waals surface area contributed by atoms with E-state index in [-0.39, 0.29) is 11.9 Å². The number of benzene rings is 1. The van der Waals surface area contributed by atoms with Crippen LogP contribution in [0.1, 0.15) is 33.1 Å². The summed E-state index contributed by atoms with van der Waals surface area (Å²) in [4.78, 5) is 16.5. The van der Waals surface area contributed by atoms with Gasteiger partial charge in [-0.1, -0.05) is 32.4 Å². The zero-order valence-corrected chi connectivity index (χ0v) is 12.7. The van der Waals surface area contributed by atoms with E-state index in [4.69, 9.17) is 9.73 Å². The highest BCUT2D eigenvalue weighted by molar-refractivity contribution is 8.16. The number of hydrogen-bond donors (Lipinski definition) is 0. The fourth-order valence-electron chi connectivity index (χ4n) is 2.61. The molecule has 2 atom stereocenters. The van der Waals surface area contributed by atoms with Crippen LogP contribution in [-0.2, 0) is 4.79 Å². The van der Waals surface area contributed by atoms with Gasteiger partial charge in [0.25, 0.3) is 0 Å². The highest BCUT2D eigenvalue weighted by atomic mass is 32.2. The first kappa shape index (κ1) is 13.7. The predicted molar refractivity (Wildman–Crippen MR) is 82.7 cm³/mol. The van der Waals surface area contributed by atoms with Crippen molar-refractivity contribution in [2.75, 3.05) is 0 Å². The maximum Gasteiger partial charge on any atom is 0.313 e. The number of para-hydroxylation sites is 2. The van der Waals surface area contributed by atoms with Crippen LogP contribution < -0.4 is 4.74 Å². The standard InChI is InChI=1S/C16H19NO2S/c1-10(2)16(18)19-13-8-4-3-7-12(13)17-15-11-6-5-9-14(11)20-15/h3-4,7-8,10-11,14H,5-6,9H2,1-2H3. The van der Waals surface area contributed by atoms with Gasteiger partial charge in [-0.15, -0.1) is 11.8 Å². The zero-order valence-electron chi connectivity index (χ0n) is 11.8. The maximum atomic E-state index is 11.7. The Morgan fingerprint density at radius 3 is 2.90 bits per heavy atom. The third-order valence-corrected chi connectivity index (χ3v) is 5.32. The Kier molecular flexibility index (Phi) is 3.83. The molecule has 1 aliphatic carbocycles. The lowest BCUT2D eigenvalue weighted by atomic mass is 10.1. The summed E-state index contributed by atoms with van der Waals surface area (Å²) in [6.07, 6.45) is 3.88. The van der Waals surface area contributed by atoms with Crippen molar-refractivity contribution in [2.24, 2.45) is 16.8 Å². The van der Waals surface area contributed by atoms with Gasteiger partial charge in [0.05, 0.1) is 11.0 Å². The Hall–Kier alpha value is -1.29. The molecular weight excluding hydrogens is 270 g/mol. The van der Waals surface area contributed by atoms with Crippen LogP contribution in [0.25, 0.3) is 0 Å². The van der Waals surface area contributed by atoms with Crippen LogP contribution in [0.15, 0.2) is 29.3 Å². The molecule has 2 fully saturated rings. The van der Waals surface area contributed by atoms with Crippen molar-refractivity contribution in [3.8, 4) is 5.75 Å². The number of aliphatic imine (C=N–C) groups is 1. The Labute approximate surface area is 123 Å². The first-order valence-electron chi connectivity index (χ1n) is 7.21.